The Hall–Kier alpha value is -4.02. The molecule has 3 aliphatic heterocycles. The van der Waals surface area contributed by atoms with Crippen molar-refractivity contribution in [3.63, 3.8) is 0 Å². The van der Waals surface area contributed by atoms with E-state index in [-0.39, 0.29) is 17.9 Å². The van der Waals surface area contributed by atoms with Gasteiger partial charge in [-0.3, -0.25) is 4.79 Å². The van der Waals surface area contributed by atoms with E-state index in [1.807, 2.05) is 28.0 Å². The van der Waals surface area contributed by atoms with Crippen molar-refractivity contribution in [1.29, 1.82) is 0 Å². The summed E-state index contributed by atoms with van der Waals surface area (Å²) in [5.41, 5.74) is 2.49. The van der Waals surface area contributed by atoms with Gasteiger partial charge in [0.15, 0.2) is 0 Å². The zero-order valence-corrected chi connectivity index (χ0v) is 22.8. The molecule has 40 heavy (non-hydrogen) atoms. The van der Waals surface area contributed by atoms with Crippen molar-refractivity contribution in [2.24, 2.45) is 0 Å². The van der Waals surface area contributed by atoms with Crippen LogP contribution in [-0.2, 0) is 4.79 Å². The van der Waals surface area contributed by atoms with Gasteiger partial charge in [0.05, 0.1) is 35.9 Å². The molecule has 3 aliphatic rings. The van der Waals surface area contributed by atoms with Gasteiger partial charge in [0, 0.05) is 63.1 Å². The molecule has 3 saturated heterocycles. The van der Waals surface area contributed by atoms with Gasteiger partial charge in [0.2, 0.25) is 11.9 Å². The molecule has 11 nitrogen and oxygen atoms in total. The minimum atomic E-state index is -0.126. The maximum atomic E-state index is 12.9. The molecule has 0 radical (unpaired) electrons. The van der Waals surface area contributed by atoms with Crippen LogP contribution in [0.25, 0.3) is 10.9 Å². The first-order valence-electron chi connectivity index (χ1n) is 14.4. The summed E-state index contributed by atoms with van der Waals surface area (Å²) < 4.78 is 5.96. The minimum absolute atomic E-state index is 0.126. The van der Waals surface area contributed by atoms with Gasteiger partial charge in [0.1, 0.15) is 12.1 Å². The monoisotopic (exact) mass is 544 g/mol. The fraction of sp³-hybridized carbons (Fsp3) is 0.517. The van der Waals surface area contributed by atoms with E-state index in [1.54, 1.807) is 18.7 Å². The van der Waals surface area contributed by atoms with E-state index < -0.39 is 0 Å². The first kappa shape index (κ1) is 26.2. The van der Waals surface area contributed by atoms with Gasteiger partial charge in [-0.25, -0.2) is 24.7 Å². The number of hydrogen-bond acceptors (Lipinski definition) is 8. The molecule has 3 fully saturated rings. The van der Waals surface area contributed by atoms with E-state index in [9.17, 15) is 9.59 Å². The highest BCUT2D eigenvalue weighted by atomic mass is 16.5. The Morgan fingerprint density at radius 3 is 2.52 bits per heavy atom. The quantitative estimate of drug-likeness (QED) is 0.426. The van der Waals surface area contributed by atoms with Gasteiger partial charge in [-0.1, -0.05) is 0 Å². The molecule has 0 atom stereocenters. The third-order valence-corrected chi connectivity index (χ3v) is 8.10. The molecule has 0 bridgehead atoms. The maximum absolute atomic E-state index is 12.9. The van der Waals surface area contributed by atoms with Crippen molar-refractivity contribution < 1.29 is 14.3 Å². The number of carbonyl (C=O) groups excluding carboxylic acids is 2. The van der Waals surface area contributed by atoms with Gasteiger partial charge in [0.25, 0.3) is 0 Å². The van der Waals surface area contributed by atoms with Crippen molar-refractivity contribution in [2.75, 3.05) is 56.1 Å². The average molecular weight is 545 g/mol. The molecule has 0 spiro atoms. The second kappa shape index (κ2) is 12.0. The van der Waals surface area contributed by atoms with Crippen molar-refractivity contribution >= 4 is 34.5 Å². The van der Waals surface area contributed by atoms with Crippen LogP contribution in [0.1, 0.15) is 56.6 Å². The van der Waals surface area contributed by atoms with Crippen molar-refractivity contribution in [2.45, 2.75) is 50.9 Å². The Morgan fingerprint density at radius 2 is 1.77 bits per heavy atom. The Morgan fingerprint density at radius 1 is 0.975 bits per heavy atom. The number of benzene rings is 1. The van der Waals surface area contributed by atoms with Gasteiger partial charge in [-0.2, -0.15) is 0 Å². The lowest BCUT2D eigenvalue weighted by molar-refractivity contribution is -0.127. The number of hydrogen-bond donors (Lipinski definition) is 1. The second-order valence-electron chi connectivity index (χ2n) is 10.8. The molecule has 1 aromatic carbocycles. The molecule has 0 saturated carbocycles. The number of urea groups is 1. The molecule has 210 valence electrons. The number of nitrogens with zero attached hydrogens (tertiary/aromatic N) is 7. The Labute approximate surface area is 234 Å². The van der Waals surface area contributed by atoms with Crippen LogP contribution in [0.4, 0.5) is 16.4 Å². The number of carbonyl (C=O) groups is 2. The molecule has 5 heterocycles. The van der Waals surface area contributed by atoms with E-state index in [0.29, 0.717) is 31.8 Å². The summed E-state index contributed by atoms with van der Waals surface area (Å²) in [5, 5.41) is 3.97. The first-order chi connectivity index (χ1) is 19.6. The van der Waals surface area contributed by atoms with Crippen LogP contribution < -0.4 is 15.0 Å². The summed E-state index contributed by atoms with van der Waals surface area (Å²) >= 11 is 0. The van der Waals surface area contributed by atoms with Crippen LogP contribution in [0.15, 0.2) is 36.9 Å². The number of ether oxygens (including phenoxy) is 1. The normalized spacial score (nSPS) is 18.1. The predicted molar refractivity (Wildman–Crippen MR) is 152 cm³/mol. The third-order valence-electron chi connectivity index (χ3n) is 8.10. The average Bonchev–Trinajstić information content (AvgIpc) is 3.68. The van der Waals surface area contributed by atoms with E-state index in [2.05, 4.69) is 30.2 Å². The van der Waals surface area contributed by atoms with Crippen LogP contribution in [0.2, 0.25) is 0 Å². The van der Waals surface area contributed by atoms with Crippen LogP contribution >= 0.6 is 0 Å². The fourth-order valence-corrected chi connectivity index (χ4v) is 5.88. The highest BCUT2D eigenvalue weighted by Crippen LogP contribution is 2.32. The smallest absolute Gasteiger partial charge is 0.321 e. The van der Waals surface area contributed by atoms with E-state index in [1.165, 1.54) is 12.8 Å². The molecule has 6 rings (SSSR count). The fourth-order valence-electron chi connectivity index (χ4n) is 5.88. The Balaban J connectivity index is 1.01. The van der Waals surface area contributed by atoms with Gasteiger partial charge in [-0.05, 0) is 50.7 Å². The lowest BCUT2D eigenvalue weighted by Gasteiger charge is -2.32. The number of rotatable bonds is 8. The number of anilines is 2. The maximum Gasteiger partial charge on any atom is 0.321 e. The standard InChI is InChI=1S/C29H36N8O3/c38-26-5-3-12-35(26)13-4-16-40-23-6-7-24-25(17-23)32-20-33-27(24)21-8-14-37(15-9-21)29(39)34-22-18-30-28(31-19-22)36-10-1-2-11-36/h6-7,17-21H,1-5,8-16H2,(H,34,39). The summed E-state index contributed by atoms with van der Waals surface area (Å²) in [6.07, 6.45) is 11.4. The molecule has 11 heteroatoms. The highest BCUT2D eigenvalue weighted by molar-refractivity contribution is 5.89. The summed E-state index contributed by atoms with van der Waals surface area (Å²) in [5.74, 6) is 2.00. The van der Waals surface area contributed by atoms with E-state index >= 15 is 0 Å². The van der Waals surface area contributed by atoms with Crippen LogP contribution in [-0.4, -0.2) is 87.5 Å². The lowest BCUT2D eigenvalue weighted by atomic mass is 9.91. The van der Waals surface area contributed by atoms with E-state index in [0.717, 1.165) is 80.2 Å². The molecule has 2 aromatic heterocycles. The number of amides is 3. The molecular weight excluding hydrogens is 508 g/mol. The van der Waals surface area contributed by atoms with Gasteiger partial charge < -0.3 is 24.8 Å². The highest BCUT2D eigenvalue weighted by Gasteiger charge is 2.26. The Kier molecular flexibility index (Phi) is 7.87. The number of fused-ring (bicyclic) bond motifs is 1. The minimum Gasteiger partial charge on any atom is -0.493 e. The zero-order valence-electron chi connectivity index (χ0n) is 22.8. The molecule has 0 aliphatic carbocycles. The number of aromatic nitrogens is 4. The van der Waals surface area contributed by atoms with E-state index in [4.69, 9.17) is 4.74 Å². The molecule has 3 aromatic rings. The summed E-state index contributed by atoms with van der Waals surface area (Å²) in [6.45, 7) is 5.43. The van der Waals surface area contributed by atoms with Gasteiger partial charge >= 0.3 is 6.03 Å². The molecule has 1 N–H and O–H groups in total. The van der Waals surface area contributed by atoms with Crippen LogP contribution in [0, 0.1) is 0 Å². The lowest BCUT2D eigenvalue weighted by Crippen LogP contribution is -2.40. The van der Waals surface area contributed by atoms with Crippen molar-refractivity contribution in [3.05, 3.63) is 42.6 Å². The predicted octanol–water partition coefficient (Wildman–Crippen LogP) is 3.82. The largest absolute Gasteiger partial charge is 0.493 e. The third kappa shape index (κ3) is 5.93. The SMILES string of the molecule is O=C1CCCN1CCCOc1ccc2c(C3CCN(C(=O)Nc4cnc(N5CCCC5)nc4)CC3)ncnc2c1. The van der Waals surface area contributed by atoms with Crippen LogP contribution in [0.5, 0.6) is 5.75 Å². The molecule has 3 amide bonds. The summed E-state index contributed by atoms with van der Waals surface area (Å²) in [4.78, 5) is 48.6. The summed E-state index contributed by atoms with van der Waals surface area (Å²) in [6, 6.07) is 5.84. The van der Waals surface area contributed by atoms with Crippen molar-refractivity contribution in [3.8, 4) is 5.75 Å². The topological polar surface area (TPSA) is 117 Å². The zero-order chi connectivity index (χ0) is 27.3. The Bertz CT molecular complexity index is 1340. The second-order valence-corrected chi connectivity index (χ2v) is 10.8. The number of likely N-dealkylation sites (tertiary alicyclic amines) is 2. The van der Waals surface area contributed by atoms with Gasteiger partial charge in [-0.15, -0.1) is 0 Å². The molecular formula is C29H36N8O3. The summed E-state index contributed by atoms with van der Waals surface area (Å²) in [7, 11) is 0. The van der Waals surface area contributed by atoms with Crippen molar-refractivity contribution in [1.82, 2.24) is 29.7 Å². The number of piperidine rings is 1. The number of nitrogens with one attached hydrogen (secondary N) is 1. The first-order valence-corrected chi connectivity index (χ1v) is 14.4. The van der Waals surface area contributed by atoms with Crippen LogP contribution in [0.3, 0.4) is 0 Å². The molecule has 0 unspecified atom stereocenters.